The second-order valence-electron chi connectivity index (χ2n) is 5.32. The molecule has 0 bridgehead atoms. The predicted octanol–water partition coefficient (Wildman–Crippen LogP) is 2.29. The van der Waals surface area contributed by atoms with Crippen molar-refractivity contribution >= 4 is 16.0 Å². The third kappa shape index (κ3) is 2.71. The van der Waals surface area contributed by atoms with Crippen molar-refractivity contribution < 1.29 is 18.3 Å². The normalized spacial score (nSPS) is 16.8. The van der Waals surface area contributed by atoms with Gasteiger partial charge in [0, 0.05) is 13.1 Å². The molecule has 5 nitrogen and oxygen atoms in total. The summed E-state index contributed by atoms with van der Waals surface area (Å²) < 4.78 is 26.8. The van der Waals surface area contributed by atoms with Gasteiger partial charge in [0.15, 0.2) is 0 Å². The van der Waals surface area contributed by atoms with Crippen LogP contribution in [0.2, 0.25) is 0 Å². The number of benzene rings is 1. The van der Waals surface area contributed by atoms with Crippen molar-refractivity contribution in [3.8, 4) is 0 Å². The molecule has 1 N–H and O–H groups in total. The molecule has 0 spiro atoms. The van der Waals surface area contributed by atoms with Gasteiger partial charge in [0.25, 0.3) is 0 Å². The van der Waals surface area contributed by atoms with Crippen LogP contribution < -0.4 is 0 Å². The molecule has 20 heavy (non-hydrogen) atoms. The average Bonchev–Trinajstić information content (AvgIpc) is 2.92. The molecule has 1 aliphatic heterocycles. The average molecular weight is 297 g/mol. The molecular formula is C14H19NO4S. The van der Waals surface area contributed by atoms with E-state index in [2.05, 4.69) is 0 Å². The Labute approximate surface area is 119 Å². The molecule has 1 aromatic carbocycles. The maximum Gasteiger partial charge on any atom is 0.335 e. The van der Waals surface area contributed by atoms with Crippen molar-refractivity contribution in [1.29, 1.82) is 0 Å². The van der Waals surface area contributed by atoms with E-state index >= 15 is 0 Å². The molecule has 0 saturated carbocycles. The van der Waals surface area contributed by atoms with Gasteiger partial charge in [0.1, 0.15) is 0 Å². The van der Waals surface area contributed by atoms with Crippen LogP contribution in [-0.2, 0) is 10.0 Å². The monoisotopic (exact) mass is 297 g/mol. The molecule has 0 atom stereocenters. The molecule has 0 aromatic heterocycles. The number of carboxylic acid groups (broad SMARTS) is 1. The minimum absolute atomic E-state index is 0.00664. The minimum atomic E-state index is -3.60. The largest absolute Gasteiger partial charge is 0.478 e. The van der Waals surface area contributed by atoms with Gasteiger partial charge in [0.05, 0.1) is 10.5 Å². The van der Waals surface area contributed by atoms with E-state index in [1.807, 2.05) is 13.8 Å². The summed E-state index contributed by atoms with van der Waals surface area (Å²) in [6.45, 7) is 4.83. The maximum atomic E-state index is 12.7. The van der Waals surface area contributed by atoms with Gasteiger partial charge >= 0.3 is 5.97 Å². The Hall–Kier alpha value is -1.40. The number of carbonyl (C=O) groups is 1. The second-order valence-corrected chi connectivity index (χ2v) is 7.23. The molecular weight excluding hydrogens is 278 g/mol. The molecule has 0 unspecified atom stereocenters. The molecule has 1 saturated heterocycles. The Morgan fingerprint density at radius 2 is 1.85 bits per heavy atom. The van der Waals surface area contributed by atoms with Crippen LogP contribution in [0.5, 0.6) is 0 Å². The first-order valence-corrected chi connectivity index (χ1v) is 8.15. The summed E-state index contributed by atoms with van der Waals surface area (Å²) in [7, 11) is -3.60. The summed E-state index contributed by atoms with van der Waals surface area (Å²) in [4.78, 5) is 11.2. The van der Waals surface area contributed by atoms with Gasteiger partial charge in [-0.1, -0.05) is 19.9 Å². The highest BCUT2D eigenvalue weighted by Crippen LogP contribution is 2.29. The lowest BCUT2D eigenvalue weighted by Gasteiger charge is -2.20. The van der Waals surface area contributed by atoms with Crippen LogP contribution >= 0.6 is 0 Å². The number of hydrogen-bond donors (Lipinski definition) is 1. The molecule has 2 rings (SSSR count). The lowest BCUT2D eigenvalue weighted by atomic mass is 10.0. The van der Waals surface area contributed by atoms with E-state index in [9.17, 15) is 13.2 Å². The first kappa shape index (κ1) is 15.0. The Morgan fingerprint density at radius 3 is 2.35 bits per heavy atom. The van der Waals surface area contributed by atoms with Crippen LogP contribution in [-0.4, -0.2) is 36.9 Å². The zero-order valence-electron chi connectivity index (χ0n) is 11.7. The van der Waals surface area contributed by atoms with E-state index in [-0.39, 0.29) is 16.4 Å². The summed E-state index contributed by atoms with van der Waals surface area (Å²) in [5.74, 6) is -1.09. The third-order valence-corrected chi connectivity index (χ3v) is 5.52. The third-order valence-electron chi connectivity index (χ3n) is 3.57. The lowest BCUT2D eigenvalue weighted by molar-refractivity contribution is 0.0696. The van der Waals surface area contributed by atoms with Crippen LogP contribution in [0.1, 0.15) is 48.5 Å². The number of nitrogens with zero attached hydrogens (tertiary/aromatic N) is 1. The molecule has 1 aromatic rings. The molecule has 0 radical (unpaired) electrons. The maximum absolute atomic E-state index is 12.7. The molecule has 1 aliphatic rings. The van der Waals surface area contributed by atoms with Gasteiger partial charge in [0.2, 0.25) is 10.0 Å². The van der Waals surface area contributed by atoms with Crippen molar-refractivity contribution in [1.82, 2.24) is 4.31 Å². The fourth-order valence-electron chi connectivity index (χ4n) is 2.44. The minimum Gasteiger partial charge on any atom is -0.478 e. The second kappa shape index (κ2) is 5.54. The van der Waals surface area contributed by atoms with E-state index in [0.29, 0.717) is 18.7 Å². The van der Waals surface area contributed by atoms with E-state index in [4.69, 9.17) is 5.11 Å². The summed E-state index contributed by atoms with van der Waals surface area (Å²) in [5, 5.41) is 9.06. The smallest absolute Gasteiger partial charge is 0.335 e. The van der Waals surface area contributed by atoms with Crippen LogP contribution in [0.4, 0.5) is 0 Å². The van der Waals surface area contributed by atoms with Crippen LogP contribution in [0, 0.1) is 0 Å². The van der Waals surface area contributed by atoms with Crippen molar-refractivity contribution in [2.75, 3.05) is 13.1 Å². The standard InChI is InChI=1S/C14H19NO4S/c1-10(2)12-6-5-11(14(16)17)9-13(12)20(18,19)15-7-3-4-8-15/h5-6,9-10H,3-4,7-8H2,1-2H3,(H,16,17). The SMILES string of the molecule is CC(C)c1ccc(C(=O)O)cc1S(=O)(=O)N1CCCC1. The number of hydrogen-bond acceptors (Lipinski definition) is 3. The number of sulfonamides is 1. The fourth-order valence-corrected chi connectivity index (χ4v) is 4.33. The topological polar surface area (TPSA) is 74.7 Å². The van der Waals surface area contributed by atoms with Gasteiger partial charge < -0.3 is 5.11 Å². The summed E-state index contributed by atoms with van der Waals surface area (Å²) in [6.07, 6.45) is 1.71. The van der Waals surface area contributed by atoms with Gasteiger partial charge in [-0.25, -0.2) is 13.2 Å². The van der Waals surface area contributed by atoms with Crippen molar-refractivity contribution in [2.45, 2.75) is 37.5 Å². The van der Waals surface area contributed by atoms with Crippen molar-refractivity contribution in [3.63, 3.8) is 0 Å². The number of carboxylic acids is 1. The first-order chi connectivity index (χ1) is 9.34. The van der Waals surface area contributed by atoms with Crippen LogP contribution in [0.15, 0.2) is 23.1 Å². The van der Waals surface area contributed by atoms with Gasteiger partial charge in [-0.2, -0.15) is 4.31 Å². The Morgan fingerprint density at radius 1 is 1.25 bits per heavy atom. The summed E-state index contributed by atoms with van der Waals surface area (Å²) in [5.41, 5.74) is 0.675. The molecule has 6 heteroatoms. The van der Waals surface area contributed by atoms with E-state index in [0.717, 1.165) is 12.8 Å². The van der Waals surface area contributed by atoms with Crippen LogP contribution in [0.3, 0.4) is 0 Å². The molecule has 0 amide bonds. The van der Waals surface area contributed by atoms with Crippen molar-refractivity contribution in [3.05, 3.63) is 29.3 Å². The summed E-state index contributed by atoms with van der Waals surface area (Å²) >= 11 is 0. The molecule has 1 heterocycles. The van der Waals surface area contributed by atoms with Gasteiger partial charge in [-0.05, 0) is 36.5 Å². The highest BCUT2D eigenvalue weighted by molar-refractivity contribution is 7.89. The predicted molar refractivity (Wildman–Crippen MR) is 75.5 cm³/mol. The zero-order chi connectivity index (χ0) is 14.9. The van der Waals surface area contributed by atoms with Gasteiger partial charge in [-0.3, -0.25) is 0 Å². The molecule has 1 fully saturated rings. The van der Waals surface area contributed by atoms with E-state index < -0.39 is 16.0 Å². The highest BCUT2D eigenvalue weighted by Gasteiger charge is 2.30. The fraction of sp³-hybridized carbons (Fsp3) is 0.500. The Kier molecular flexibility index (Phi) is 4.15. The quantitative estimate of drug-likeness (QED) is 0.925. The highest BCUT2D eigenvalue weighted by atomic mass is 32.2. The summed E-state index contributed by atoms with van der Waals surface area (Å²) in [6, 6.07) is 4.35. The van der Waals surface area contributed by atoms with Crippen LogP contribution in [0.25, 0.3) is 0 Å². The van der Waals surface area contributed by atoms with E-state index in [1.54, 1.807) is 6.07 Å². The Bertz CT molecular complexity index is 616. The number of rotatable bonds is 4. The lowest BCUT2D eigenvalue weighted by Crippen LogP contribution is -2.29. The Balaban J connectivity index is 2.57. The zero-order valence-corrected chi connectivity index (χ0v) is 12.5. The first-order valence-electron chi connectivity index (χ1n) is 6.71. The molecule has 110 valence electrons. The van der Waals surface area contributed by atoms with Gasteiger partial charge in [-0.15, -0.1) is 0 Å². The number of aromatic carboxylic acids is 1. The van der Waals surface area contributed by atoms with E-state index in [1.165, 1.54) is 16.4 Å². The van der Waals surface area contributed by atoms with Crippen molar-refractivity contribution in [2.24, 2.45) is 0 Å². The molecule has 0 aliphatic carbocycles.